The summed E-state index contributed by atoms with van der Waals surface area (Å²) in [7, 11) is 0. The highest BCUT2D eigenvalue weighted by Gasteiger charge is 2.51. The van der Waals surface area contributed by atoms with Crippen molar-refractivity contribution in [1.82, 2.24) is 0 Å². The lowest BCUT2D eigenvalue weighted by Gasteiger charge is -2.44. The molecule has 0 radical (unpaired) electrons. The molecular weight excluding hydrogens is 388 g/mol. The highest BCUT2D eigenvalue weighted by molar-refractivity contribution is 9.11. The maximum absolute atomic E-state index is 12.1. The molecule has 0 aromatic carbocycles. The average Bonchev–Trinajstić information content (AvgIpc) is 3.10. The summed E-state index contributed by atoms with van der Waals surface area (Å²) in [5.74, 6) is 2.14. The third kappa shape index (κ3) is 3.57. The zero-order valence-corrected chi connectivity index (χ0v) is 18.3. The number of halogens is 1. The van der Waals surface area contributed by atoms with E-state index in [1.54, 1.807) is 5.57 Å². The van der Waals surface area contributed by atoms with Crippen LogP contribution >= 0.6 is 15.9 Å². The van der Waals surface area contributed by atoms with Gasteiger partial charge in [0, 0.05) is 11.5 Å². The standard InChI is InChI=1S/C23H35BrO2/c1-5-6-9-18-16(3)22(25)26-21(18)13-15(2)19-10-11-20-17(14-24)8-7-12-23(19,20)4/h14-15,18-21H,3,5-13H2,1-2,4H3/t15-,18+,19-,20+,21-,23-/m1/s1. The maximum Gasteiger partial charge on any atom is 0.334 e. The molecule has 0 N–H and O–H groups in total. The number of cyclic esters (lactones) is 1. The fourth-order valence-corrected chi connectivity index (χ4v) is 6.89. The Morgan fingerprint density at radius 3 is 2.88 bits per heavy atom. The summed E-state index contributed by atoms with van der Waals surface area (Å²) in [5, 5.41) is 0. The Kier molecular flexibility index (Phi) is 6.37. The summed E-state index contributed by atoms with van der Waals surface area (Å²) >= 11 is 3.62. The molecule has 1 heterocycles. The van der Waals surface area contributed by atoms with Crippen molar-refractivity contribution >= 4 is 21.9 Å². The van der Waals surface area contributed by atoms with E-state index in [2.05, 4.69) is 48.3 Å². The van der Waals surface area contributed by atoms with Crippen LogP contribution in [0.2, 0.25) is 0 Å². The largest absolute Gasteiger partial charge is 0.458 e. The number of fused-ring (bicyclic) bond motifs is 1. The van der Waals surface area contributed by atoms with E-state index in [9.17, 15) is 4.79 Å². The summed E-state index contributed by atoms with van der Waals surface area (Å²) in [6.45, 7) is 11.2. The van der Waals surface area contributed by atoms with Crippen LogP contribution in [0.1, 0.15) is 78.6 Å². The highest BCUT2D eigenvalue weighted by Crippen LogP contribution is 2.60. The first-order valence-corrected chi connectivity index (χ1v) is 11.5. The second kappa shape index (κ2) is 8.20. The Morgan fingerprint density at radius 1 is 1.42 bits per heavy atom. The lowest BCUT2D eigenvalue weighted by Crippen LogP contribution is -2.37. The van der Waals surface area contributed by atoms with Gasteiger partial charge in [-0.05, 0) is 73.1 Å². The zero-order valence-electron chi connectivity index (χ0n) is 16.7. The van der Waals surface area contributed by atoms with Gasteiger partial charge in [0.15, 0.2) is 0 Å². The summed E-state index contributed by atoms with van der Waals surface area (Å²) in [4.78, 5) is 14.3. The molecule has 0 amide bonds. The first-order chi connectivity index (χ1) is 12.4. The molecule has 3 rings (SSSR count). The van der Waals surface area contributed by atoms with Gasteiger partial charge in [0.2, 0.25) is 0 Å². The summed E-state index contributed by atoms with van der Waals surface area (Å²) in [6.07, 6.45) is 10.9. The molecule has 3 aliphatic rings. The molecule has 2 aliphatic carbocycles. The third-order valence-corrected chi connectivity index (χ3v) is 8.34. The van der Waals surface area contributed by atoms with Gasteiger partial charge in [-0.25, -0.2) is 4.79 Å². The van der Waals surface area contributed by atoms with Crippen LogP contribution in [0.15, 0.2) is 22.7 Å². The highest BCUT2D eigenvalue weighted by atomic mass is 79.9. The van der Waals surface area contributed by atoms with Crippen molar-refractivity contribution in [3.63, 3.8) is 0 Å². The van der Waals surface area contributed by atoms with Crippen LogP contribution in [0, 0.1) is 29.1 Å². The number of rotatable bonds is 6. The molecule has 0 aromatic rings. The van der Waals surface area contributed by atoms with Gasteiger partial charge in [0.25, 0.3) is 0 Å². The van der Waals surface area contributed by atoms with Crippen LogP contribution in [0.4, 0.5) is 0 Å². The Labute approximate surface area is 168 Å². The van der Waals surface area contributed by atoms with Crippen LogP contribution in [0.5, 0.6) is 0 Å². The minimum Gasteiger partial charge on any atom is -0.458 e. The second-order valence-corrected chi connectivity index (χ2v) is 9.67. The van der Waals surface area contributed by atoms with Crippen molar-refractivity contribution in [3.05, 3.63) is 22.7 Å². The van der Waals surface area contributed by atoms with Gasteiger partial charge in [-0.3, -0.25) is 0 Å². The zero-order chi connectivity index (χ0) is 18.9. The number of allylic oxidation sites excluding steroid dienone is 1. The molecule has 0 unspecified atom stereocenters. The van der Waals surface area contributed by atoms with Crippen molar-refractivity contribution in [2.45, 2.75) is 84.7 Å². The molecule has 2 nitrogen and oxygen atoms in total. The van der Waals surface area contributed by atoms with Crippen LogP contribution in [-0.2, 0) is 9.53 Å². The predicted octanol–water partition coefficient (Wildman–Crippen LogP) is 6.80. The number of esters is 1. The molecule has 146 valence electrons. The van der Waals surface area contributed by atoms with Crippen molar-refractivity contribution in [2.75, 3.05) is 0 Å². The number of carbonyl (C=O) groups is 1. The van der Waals surface area contributed by atoms with Gasteiger partial charge >= 0.3 is 5.97 Å². The number of carbonyl (C=O) groups excluding carboxylic acids is 1. The molecular formula is C23H35BrO2. The molecule has 1 saturated heterocycles. The van der Waals surface area contributed by atoms with Crippen LogP contribution in [-0.4, -0.2) is 12.1 Å². The quantitative estimate of drug-likeness (QED) is 0.347. The SMILES string of the molecule is C=C1C(=O)O[C@H](C[C@@H](C)[C@H]2CC[C@H]3C(=CBr)CCC[C@]23C)[C@H]1CCCC. The van der Waals surface area contributed by atoms with Gasteiger partial charge in [0.1, 0.15) is 6.10 Å². The fraction of sp³-hybridized carbons (Fsp3) is 0.783. The van der Waals surface area contributed by atoms with E-state index < -0.39 is 0 Å². The molecule has 1 aliphatic heterocycles. The van der Waals surface area contributed by atoms with Crippen LogP contribution in [0.25, 0.3) is 0 Å². The van der Waals surface area contributed by atoms with E-state index in [1.807, 2.05) is 0 Å². The number of hydrogen-bond donors (Lipinski definition) is 0. The Bertz CT molecular complexity index is 581. The van der Waals surface area contributed by atoms with E-state index in [4.69, 9.17) is 4.74 Å². The molecule has 26 heavy (non-hydrogen) atoms. The number of unbranched alkanes of at least 4 members (excludes halogenated alkanes) is 1. The van der Waals surface area contributed by atoms with Crippen molar-refractivity contribution in [1.29, 1.82) is 0 Å². The molecule has 0 bridgehead atoms. The van der Waals surface area contributed by atoms with E-state index in [0.29, 0.717) is 16.9 Å². The van der Waals surface area contributed by atoms with E-state index in [1.165, 1.54) is 32.1 Å². The summed E-state index contributed by atoms with van der Waals surface area (Å²) in [6, 6.07) is 0. The Balaban J connectivity index is 1.70. The van der Waals surface area contributed by atoms with Crippen molar-refractivity contribution in [2.24, 2.45) is 29.1 Å². The average molecular weight is 423 g/mol. The second-order valence-electron chi connectivity index (χ2n) is 9.21. The van der Waals surface area contributed by atoms with E-state index in [-0.39, 0.29) is 18.0 Å². The van der Waals surface area contributed by atoms with Gasteiger partial charge < -0.3 is 4.74 Å². The smallest absolute Gasteiger partial charge is 0.334 e. The van der Waals surface area contributed by atoms with Crippen LogP contribution in [0.3, 0.4) is 0 Å². The minimum atomic E-state index is -0.152. The van der Waals surface area contributed by atoms with Crippen LogP contribution < -0.4 is 0 Å². The predicted molar refractivity (Wildman–Crippen MR) is 111 cm³/mol. The number of ether oxygens (including phenoxy) is 1. The molecule has 0 spiro atoms. The third-order valence-electron chi connectivity index (χ3n) is 7.75. The molecule has 6 atom stereocenters. The first kappa shape index (κ1) is 20.2. The van der Waals surface area contributed by atoms with Crippen molar-refractivity contribution in [3.8, 4) is 0 Å². The van der Waals surface area contributed by atoms with Crippen molar-refractivity contribution < 1.29 is 9.53 Å². The van der Waals surface area contributed by atoms with Gasteiger partial charge in [-0.15, -0.1) is 0 Å². The van der Waals surface area contributed by atoms with Gasteiger partial charge in [0.05, 0.1) is 0 Å². The monoisotopic (exact) mass is 422 g/mol. The molecule has 2 saturated carbocycles. The summed E-state index contributed by atoms with van der Waals surface area (Å²) < 4.78 is 5.77. The van der Waals surface area contributed by atoms with Gasteiger partial charge in [-0.1, -0.05) is 61.7 Å². The Hall–Kier alpha value is -0.570. The van der Waals surface area contributed by atoms with E-state index >= 15 is 0 Å². The molecule has 3 fully saturated rings. The topological polar surface area (TPSA) is 26.3 Å². The molecule has 3 heteroatoms. The van der Waals surface area contributed by atoms with E-state index in [0.717, 1.165) is 37.5 Å². The van der Waals surface area contributed by atoms with Gasteiger partial charge in [-0.2, -0.15) is 0 Å². The first-order valence-electron chi connectivity index (χ1n) is 10.6. The lowest BCUT2D eigenvalue weighted by atomic mass is 9.61. The number of hydrogen-bond acceptors (Lipinski definition) is 2. The Morgan fingerprint density at radius 2 is 2.19 bits per heavy atom. The summed E-state index contributed by atoms with van der Waals surface area (Å²) in [5.41, 5.74) is 2.75. The maximum atomic E-state index is 12.1. The minimum absolute atomic E-state index is 0.0500. The lowest BCUT2D eigenvalue weighted by molar-refractivity contribution is -0.140. The fourth-order valence-electron chi connectivity index (χ4n) is 6.34. The molecule has 0 aromatic heterocycles. The normalized spacial score (nSPS) is 39.9.